The summed E-state index contributed by atoms with van der Waals surface area (Å²) in [5.41, 5.74) is 0.581. The fourth-order valence-electron chi connectivity index (χ4n) is 2.83. The molecule has 2 N–H and O–H groups in total. The molecular formula is C16H21ClN6O. The Hall–Kier alpha value is -2.15. The van der Waals surface area contributed by atoms with Crippen LogP contribution in [0.1, 0.15) is 56.7 Å². The Labute approximate surface area is 145 Å². The highest BCUT2D eigenvalue weighted by atomic mass is 35.5. The van der Waals surface area contributed by atoms with Crippen LogP contribution in [-0.2, 0) is 0 Å². The predicted molar refractivity (Wildman–Crippen MR) is 92.0 cm³/mol. The second-order valence-electron chi connectivity index (χ2n) is 6.26. The molecule has 0 aliphatic carbocycles. The summed E-state index contributed by atoms with van der Waals surface area (Å²) >= 11 is 5.92. The van der Waals surface area contributed by atoms with E-state index in [1.165, 1.54) is 6.20 Å². The van der Waals surface area contributed by atoms with Gasteiger partial charge in [0.15, 0.2) is 5.82 Å². The standard InChI is InChI=1S/C16H21ClN6O/c1-10(2)14-20-15(22-21-14)13-5-3-4-6-23(13)16(24)19-12-7-11(17)8-18-9-12/h7-10,13H,3-6H2,1-2H3,(H,19,24)(H,20,21,22). The Morgan fingerprint density at radius 2 is 2.25 bits per heavy atom. The van der Waals surface area contributed by atoms with Crippen molar-refractivity contribution in [3.05, 3.63) is 35.1 Å². The second kappa shape index (κ2) is 7.17. The minimum Gasteiger partial charge on any atom is -0.314 e. The van der Waals surface area contributed by atoms with Gasteiger partial charge in [-0.1, -0.05) is 25.4 Å². The Kier molecular flexibility index (Phi) is 4.99. The monoisotopic (exact) mass is 348 g/mol. The zero-order valence-electron chi connectivity index (χ0n) is 13.8. The third-order valence-corrected chi connectivity index (χ3v) is 4.28. The molecule has 0 radical (unpaired) electrons. The summed E-state index contributed by atoms with van der Waals surface area (Å²) in [5, 5.41) is 10.6. The van der Waals surface area contributed by atoms with E-state index >= 15 is 0 Å². The highest BCUT2D eigenvalue weighted by Gasteiger charge is 2.30. The minimum absolute atomic E-state index is 0.0918. The third-order valence-electron chi connectivity index (χ3n) is 4.07. The lowest BCUT2D eigenvalue weighted by atomic mass is 10.0. The number of rotatable bonds is 3. The van der Waals surface area contributed by atoms with Crippen molar-refractivity contribution < 1.29 is 4.79 Å². The van der Waals surface area contributed by atoms with Crippen molar-refractivity contribution in [3.63, 3.8) is 0 Å². The molecule has 1 saturated heterocycles. The van der Waals surface area contributed by atoms with Gasteiger partial charge in [0.2, 0.25) is 0 Å². The first-order valence-electron chi connectivity index (χ1n) is 8.15. The smallest absolute Gasteiger partial charge is 0.314 e. The summed E-state index contributed by atoms with van der Waals surface area (Å²) in [6, 6.07) is 1.41. The molecule has 3 heterocycles. The minimum atomic E-state index is -0.175. The normalized spacial score (nSPS) is 18.0. The van der Waals surface area contributed by atoms with Crippen molar-refractivity contribution in [2.75, 3.05) is 11.9 Å². The van der Waals surface area contributed by atoms with Gasteiger partial charge in [0, 0.05) is 18.7 Å². The van der Waals surface area contributed by atoms with E-state index in [1.54, 1.807) is 17.2 Å². The van der Waals surface area contributed by atoms with Gasteiger partial charge < -0.3 is 10.2 Å². The third kappa shape index (κ3) is 3.67. The zero-order chi connectivity index (χ0) is 17.1. The van der Waals surface area contributed by atoms with E-state index in [0.717, 1.165) is 30.9 Å². The first-order valence-corrected chi connectivity index (χ1v) is 8.52. The van der Waals surface area contributed by atoms with Crippen LogP contribution >= 0.6 is 11.6 Å². The van der Waals surface area contributed by atoms with Crippen LogP contribution in [0.3, 0.4) is 0 Å². The first-order chi connectivity index (χ1) is 11.5. The summed E-state index contributed by atoms with van der Waals surface area (Å²) in [4.78, 5) is 23.0. The molecule has 0 saturated carbocycles. The molecule has 128 valence electrons. The van der Waals surface area contributed by atoms with Crippen molar-refractivity contribution in [2.45, 2.75) is 45.1 Å². The lowest BCUT2D eigenvalue weighted by Gasteiger charge is -2.34. The maximum Gasteiger partial charge on any atom is 0.322 e. The molecule has 0 aromatic carbocycles. The van der Waals surface area contributed by atoms with E-state index in [2.05, 4.69) is 25.5 Å². The summed E-state index contributed by atoms with van der Waals surface area (Å²) in [6.45, 7) is 4.77. The lowest BCUT2D eigenvalue weighted by molar-refractivity contribution is 0.159. The number of H-pyrrole nitrogens is 1. The van der Waals surface area contributed by atoms with Crippen molar-refractivity contribution >= 4 is 23.3 Å². The number of pyridine rings is 1. The number of likely N-dealkylation sites (tertiary alicyclic amines) is 1. The van der Waals surface area contributed by atoms with Crippen LogP contribution in [0.25, 0.3) is 0 Å². The Morgan fingerprint density at radius 1 is 1.42 bits per heavy atom. The molecule has 2 aromatic rings. The summed E-state index contributed by atoms with van der Waals surface area (Å²) < 4.78 is 0. The van der Waals surface area contributed by atoms with Crippen LogP contribution in [0.15, 0.2) is 18.5 Å². The highest BCUT2D eigenvalue weighted by Crippen LogP contribution is 2.30. The molecule has 1 fully saturated rings. The fourth-order valence-corrected chi connectivity index (χ4v) is 3.00. The number of carbonyl (C=O) groups is 1. The van der Waals surface area contributed by atoms with Crippen molar-refractivity contribution in [2.24, 2.45) is 0 Å². The number of amides is 2. The van der Waals surface area contributed by atoms with Crippen molar-refractivity contribution in [1.29, 1.82) is 0 Å². The fraction of sp³-hybridized carbons (Fsp3) is 0.500. The van der Waals surface area contributed by atoms with Crippen LogP contribution in [0.5, 0.6) is 0 Å². The second-order valence-corrected chi connectivity index (χ2v) is 6.70. The van der Waals surface area contributed by atoms with Crippen LogP contribution in [0, 0.1) is 0 Å². The number of aromatic amines is 1. The van der Waals surface area contributed by atoms with Gasteiger partial charge in [-0.15, -0.1) is 0 Å². The average molecular weight is 349 g/mol. The number of aromatic nitrogens is 4. The van der Waals surface area contributed by atoms with E-state index < -0.39 is 0 Å². The molecule has 1 unspecified atom stereocenters. The number of urea groups is 1. The molecule has 1 aliphatic heterocycles. The summed E-state index contributed by atoms with van der Waals surface area (Å²) in [5.74, 6) is 1.77. The number of nitrogens with zero attached hydrogens (tertiary/aromatic N) is 4. The molecule has 3 rings (SSSR count). The van der Waals surface area contributed by atoms with Gasteiger partial charge in [0.1, 0.15) is 5.82 Å². The average Bonchev–Trinajstić information content (AvgIpc) is 3.05. The van der Waals surface area contributed by atoms with Gasteiger partial charge in [-0.3, -0.25) is 10.1 Å². The molecule has 2 aromatic heterocycles. The summed E-state index contributed by atoms with van der Waals surface area (Å²) in [7, 11) is 0. The molecule has 0 spiro atoms. The Morgan fingerprint density at radius 3 is 2.96 bits per heavy atom. The number of nitrogens with one attached hydrogen (secondary N) is 2. The van der Waals surface area contributed by atoms with Crippen LogP contribution in [-0.4, -0.2) is 37.6 Å². The lowest BCUT2D eigenvalue weighted by Crippen LogP contribution is -2.41. The van der Waals surface area contributed by atoms with Crippen molar-refractivity contribution in [1.82, 2.24) is 25.1 Å². The molecule has 1 aliphatic rings. The molecule has 24 heavy (non-hydrogen) atoms. The van der Waals surface area contributed by atoms with Gasteiger partial charge >= 0.3 is 6.03 Å². The van der Waals surface area contributed by atoms with Crippen LogP contribution in [0.4, 0.5) is 10.5 Å². The maximum atomic E-state index is 12.7. The zero-order valence-corrected chi connectivity index (χ0v) is 14.5. The maximum absolute atomic E-state index is 12.7. The van der Waals surface area contributed by atoms with Gasteiger partial charge in [0.05, 0.1) is 22.9 Å². The first kappa shape index (κ1) is 16.7. The molecule has 8 heteroatoms. The quantitative estimate of drug-likeness (QED) is 0.884. The Balaban J connectivity index is 1.77. The number of piperidine rings is 1. The number of halogens is 1. The van der Waals surface area contributed by atoms with Crippen LogP contribution < -0.4 is 5.32 Å². The van der Waals surface area contributed by atoms with E-state index in [0.29, 0.717) is 17.3 Å². The van der Waals surface area contributed by atoms with Crippen molar-refractivity contribution in [3.8, 4) is 0 Å². The molecule has 1 atom stereocenters. The van der Waals surface area contributed by atoms with E-state index in [-0.39, 0.29) is 18.0 Å². The SMILES string of the molecule is CC(C)c1n[nH]c(C2CCCCN2C(=O)Nc2cncc(Cl)c2)n1. The van der Waals surface area contributed by atoms with E-state index in [9.17, 15) is 4.79 Å². The highest BCUT2D eigenvalue weighted by molar-refractivity contribution is 6.30. The molecule has 0 bridgehead atoms. The van der Waals surface area contributed by atoms with Gasteiger partial charge in [0.25, 0.3) is 0 Å². The van der Waals surface area contributed by atoms with Gasteiger partial charge in [-0.05, 0) is 25.3 Å². The van der Waals surface area contributed by atoms with Crippen LogP contribution in [0.2, 0.25) is 5.02 Å². The van der Waals surface area contributed by atoms with E-state index in [1.807, 2.05) is 13.8 Å². The number of hydrogen-bond acceptors (Lipinski definition) is 4. The predicted octanol–water partition coefficient (Wildman–Crippen LogP) is 3.74. The number of anilines is 1. The van der Waals surface area contributed by atoms with Gasteiger partial charge in [-0.2, -0.15) is 5.10 Å². The number of hydrogen-bond donors (Lipinski definition) is 2. The molecule has 7 nitrogen and oxygen atoms in total. The van der Waals surface area contributed by atoms with E-state index in [4.69, 9.17) is 11.6 Å². The summed E-state index contributed by atoms with van der Waals surface area (Å²) in [6.07, 6.45) is 6.01. The topological polar surface area (TPSA) is 86.8 Å². The largest absolute Gasteiger partial charge is 0.322 e. The van der Waals surface area contributed by atoms with Gasteiger partial charge in [-0.25, -0.2) is 9.78 Å². The molecule has 2 amide bonds. The number of carbonyl (C=O) groups excluding carboxylic acids is 1. The molecular weight excluding hydrogens is 328 g/mol. The Bertz CT molecular complexity index is 716.